The number of anilines is 1. The van der Waals surface area contributed by atoms with E-state index in [1.165, 1.54) is 0 Å². The molecule has 0 N–H and O–H groups in total. The first-order valence-electron chi connectivity index (χ1n) is 6.28. The summed E-state index contributed by atoms with van der Waals surface area (Å²) < 4.78 is 5.19. The second kappa shape index (κ2) is 4.75. The lowest BCUT2D eigenvalue weighted by Gasteiger charge is -2.21. The molecule has 0 bridgehead atoms. The molecule has 2 aromatic carbocycles. The topological polar surface area (TPSA) is 29.5 Å². The van der Waals surface area contributed by atoms with E-state index >= 15 is 0 Å². The minimum Gasteiger partial charge on any atom is -0.497 e. The highest BCUT2D eigenvalue weighted by Crippen LogP contribution is 2.25. The number of carbonyl (C=O) groups excluding carboxylic acids is 1. The molecular weight excluding hydrogens is 250 g/mol. The molecule has 1 amide bonds. The Labute approximate surface area is 117 Å². The van der Waals surface area contributed by atoms with Crippen molar-refractivity contribution in [2.24, 2.45) is 0 Å². The van der Waals surface area contributed by atoms with Crippen LogP contribution in [0.25, 0.3) is 0 Å². The normalized spacial score (nSPS) is 12.5. The van der Waals surface area contributed by atoms with Gasteiger partial charge in [0.05, 0.1) is 18.4 Å². The Balaban J connectivity index is 2.24. The molecule has 1 heterocycles. The van der Waals surface area contributed by atoms with E-state index in [0.717, 1.165) is 16.8 Å². The maximum Gasteiger partial charge on any atom is 0.259 e. The Hall–Kier alpha value is -2.73. The van der Waals surface area contributed by atoms with Crippen molar-refractivity contribution in [2.75, 3.05) is 19.1 Å². The van der Waals surface area contributed by atoms with Crippen LogP contribution in [-0.2, 0) is 0 Å². The second-order valence-electron chi connectivity index (χ2n) is 4.54. The number of ether oxygens (including phenoxy) is 1. The van der Waals surface area contributed by atoms with Gasteiger partial charge in [-0.15, -0.1) is 0 Å². The van der Waals surface area contributed by atoms with Gasteiger partial charge in [-0.3, -0.25) is 4.79 Å². The van der Waals surface area contributed by atoms with Gasteiger partial charge in [-0.25, -0.2) is 0 Å². The fraction of sp³-hybridized carbons (Fsp3) is 0.118. The van der Waals surface area contributed by atoms with E-state index in [2.05, 4.69) is 11.8 Å². The zero-order valence-electron chi connectivity index (χ0n) is 11.3. The quantitative estimate of drug-likeness (QED) is 0.740. The maximum absolute atomic E-state index is 12.6. The van der Waals surface area contributed by atoms with Gasteiger partial charge in [0, 0.05) is 18.2 Å². The molecule has 0 aliphatic carbocycles. The van der Waals surface area contributed by atoms with Crippen molar-refractivity contribution in [3.63, 3.8) is 0 Å². The number of nitrogens with zero attached hydrogens (tertiary/aromatic N) is 1. The molecule has 98 valence electrons. The summed E-state index contributed by atoms with van der Waals surface area (Å²) in [6.07, 6.45) is 0. The van der Waals surface area contributed by atoms with E-state index in [-0.39, 0.29) is 5.91 Å². The standard InChI is InChI=1S/C17H13NO2/c1-18-16-6-4-3-5-13(16)8-7-12-9-10-14(20-2)11-15(12)17(18)19/h3-6,9-11H,1-2H3. The van der Waals surface area contributed by atoms with Crippen molar-refractivity contribution in [3.8, 4) is 17.6 Å². The van der Waals surface area contributed by atoms with Gasteiger partial charge in [-0.05, 0) is 30.3 Å². The molecule has 1 aliphatic rings. The first-order chi connectivity index (χ1) is 9.70. The number of hydrogen-bond donors (Lipinski definition) is 0. The van der Waals surface area contributed by atoms with E-state index < -0.39 is 0 Å². The number of hydrogen-bond acceptors (Lipinski definition) is 2. The van der Waals surface area contributed by atoms with Crippen LogP contribution in [0.5, 0.6) is 5.75 Å². The van der Waals surface area contributed by atoms with Gasteiger partial charge in [0.1, 0.15) is 5.75 Å². The Morgan fingerprint density at radius 2 is 1.80 bits per heavy atom. The summed E-state index contributed by atoms with van der Waals surface area (Å²) in [7, 11) is 3.34. The zero-order chi connectivity index (χ0) is 14.1. The lowest BCUT2D eigenvalue weighted by molar-refractivity contribution is 0.0992. The molecule has 0 fully saturated rings. The van der Waals surface area contributed by atoms with Crippen molar-refractivity contribution in [1.29, 1.82) is 0 Å². The molecule has 1 aliphatic heterocycles. The monoisotopic (exact) mass is 263 g/mol. The van der Waals surface area contributed by atoms with Crippen LogP contribution in [0.4, 0.5) is 5.69 Å². The first-order valence-corrected chi connectivity index (χ1v) is 6.28. The van der Waals surface area contributed by atoms with Crippen LogP contribution in [0.15, 0.2) is 42.5 Å². The summed E-state index contributed by atoms with van der Waals surface area (Å²) in [5.41, 5.74) is 2.95. The number of benzene rings is 2. The highest BCUT2D eigenvalue weighted by Gasteiger charge is 2.20. The molecule has 0 aromatic heterocycles. The molecule has 2 aromatic rings. The smallest absolute Gasteiger partial charge is 0.259 e. The summed E-state index contributed by atoms with van der Waals surface area (Å²) in [6.45, 7) is 0. The maximum atomic E-state index is 12.6. The van der Waals surface area contributed by atoms with Crippen LogP contribution in [0, 0.1) is 11.8 Å². The fourth-order valence-corrected chi connectivity index (χ4v) is 2.23. The molecule has 3 nitrogen and oxygen atoms in total. The van der Waals surface area contributed by atoms with Crippen LogP contribution < -0.4 is 9.64 Å². The van der Waals surface area contributed by atoms with Crippen molar-refractivity contribution in [3.05, 3.63) is 59.2 Å². The molecule has 3 rings (SSSR count). The minimum atomic E-state index is -0.0830. The highest BCUT2D eigenvalue weighted by atomic mass is 16.5. The number of methoxy groups -OCH3 is 1. The summed E-state index contributed by atoms with van der Waals surface area (Å²) in [5.74, 6) is 6.77. The molecular formula is C17H13NO2. The Morgan fingerprint density at radius 3 is 2.60 bits per heavy atom. The average Bonchev–Trinajstić information content (AvgIpc) is 2.50. The third-order valence-corrected chi connectivity index (χ3v) is 3.36. The first kappa shape index (κ1) is 12.3. The predicted octanol–water partition coefficient (Wildman–Crippen LogP) is 2.69. The van der Waals surface area contributed by atoms with E-state index in [1.54, 1.807) is 25.1 Å². The second-order valence-corrected chi connectivity index (χ2v) is 4.54. The number of rotatable bonds is 1. The predicted molar refractivity (Wildman–Crippen MR) is 78.1 cm³/mol. The molecule has 0 saturated carbocycles. The van der Waals surface area contributed by atoms with Gasteiger partial charge < -0.3 is 9.64 Å². The average molecular weight is 263 g/mol. The molecule has 0 unspecified atom stereocenters. The number of para-hydroxylation sites is 1. The van der Waals surface area contributed by atoms with E-state index in [9.17, 15) is 4.79 Å². The molecule has 0 atom stereocenters. The summed E-state index contributed by atoms with van der Waals surface area (Å²) in [4.78, 5) is 14.2. The van der Waals surface area contributed by atoms with Crippen molar-refractivity contribution >= 4 is 11.6 Å². The molecule has 0 radical (unpaired) electrons. The van der Waals surface area contributed by atoms with Gasteiger partial charge in [-0.2, -0.15) is 0 Å². The lowest BCUT2D eigenvalue weighted by atomic mass is 10.0. The van der Waals surface area contributed by atoms with Gasteiger partial charge >= 0.3 is 0 Å². The molecule has 0 saturated heterocycles. The van der Waals surface area contributed by atoms with Crippen LogP contribution in [0.3, 0.4) is 0 Å². The number of carbonyl (C=O) groups is 1. The third-order valence-electron chi connectivity index (χ3n) is 3.36. The SMILES string of the molecule is COc1ccc2c(c1)C(=O)N(C)c1ccccc1C#C2. The Kier molecular flexibility index (Phi) is 2.92. The zero-order valence-corrected chi connectivity index (χ0v) is 11.3. The van der Waals surface area contributed by atoms with Crippen LogP contribution >= 0.6 is 0 Å². The summed E-state index contributed by atoms with van der Waals surface area (Å²) in [5, 5.41) is 0. The van der Waals surface area contributed by atoms with Gasteiger partial charge in [-0.1, -0.05) is 24.0 Å². The summed E-state index contributed by atoms with van der Waals surface area (Å²) in [6, 6.07) is 13.0. The number of amides is 1. The van der Waals surface area contributed by atoms with Crippen molar-refractivity contribution in [2.45, 2.75) is 0 Å². The lowest BCUT2D eigenvalue weighted by Crippen LogP contribution is -2.28. The Bertz CT molecular complexity index is 753. The van der Waals surface area contributed by atoms with Crippen LogP contribution in [-0.4, -0.2) is 20.1 Å². The fourth-order valence-electron chi connectivity index (χ4n) is 2.23. The third kappa shape index (κ3) is 1.92. The van der Waals surface area contributed by atoms with Crippen LogP contribution in [0.1, 0.15) is 21.5 Å². The highest BCUT2D eigenvalue weighted by molar-refractivity contribution is 6.08. The van der Waals surface area contributed by atoms with E-state index in [1.807, 2.05) is 36.4 Å². The largest absolute Gasteiger partial charge is 0.497 e. The Morgan fingerprint density at radius 1 is 1.05 bits per heavy atom. The van der Waals surface area contributed by atoms with Gasteiger partial charge in [0.25, 0.3) is 5.91 Å². The number of fused-ring (bicyclic) bond motifs is 2. The minimum absolute atomic E-state index is 0.0830. The van der Waals surface area contributed by atoms with Gasteiger partial charge in [0.15, 0.2) is 0 Å². The van der Waals surface area contributed by atoms with Crippen molar-refractivity contribution in [1.82, 2.24) is 0 Å². The van der Waals surface area contributed by atoms with Crippen LogP contribution in [0.2, 0.25) is 0 Å². The van der Waals surface area contributed by atoms with E-state index in [4.69, 9.17) is 4.74 Å². The summed E-state index contributed by atoms with van der Waals surface area (Å²) >= 11 is 0. The molecule has 3 heteroatoms. The van der Waals surface area contributed by atoms with Gasteiger partial charge in [0.2, 0.25) is 0 Å². The molecule has 20 heavy (non-hydrogen) atoms. The van der Waals surface area contributed by atoms with E-state index in [0.29, 0.717) is 11.3 Å². The molecule has 0 spiro atoms. The van der Waals surface area contributed by atoms with Crippen molar-refractivity contribution < 1.29 is 9.53 Å².